The third-order valence-electron chi connectivity index (χ3n) is 1.88. The van der Waals surface area contributed by atoms with Crippen LogP contribution in [-0.2, 0) is 6.54 Å². The van der Waals surface area contributed by atoms with Gasteiger partial charge in [-0.05, 0) is 20.0 Å². The summed E-state index contributed by atoms with van der Waals surface area (Å²) in [6.07, 6.45) is 2.44. The zero-order valence-corrected chi connectivity index (χ0v) is 7.99. The van der Waals surface area contributed by atoms with E-state index in [4.69, 9.17) is 10.5 Å². The van der Waals surface area contributed by atoms with Crippen LogP contribution in [0.3, 0.4) is 0 Å². The standard InChI is InChI=1S/C9H11N5/c1-12-3-2-4-14-7-13-8(5-10)9(14)6-11/h7,12H,2-4H2,1H3. The summed E-state index contributed by atoms with van der Waals surface area (Å²) in [5, 5.41) is 20.5. The highest BCUT2D eigenvalue weighted by molar-refractivity contribution is 5.35. The van der Waals surface area contributed by atoms with Crippen molar-refractivity contribution in [2.75, 3.05) is 13.6 Å². The van der Waals surface area contributed by atoms with Crippen molar-refractivity contribution in [3.63, 3.8) is 0 Å². The van der Waals surface area contributed by atoms with E-state index in [9.17, 15) is 0 Å². The molecule has 1 aromatic heterocycles. The third-order valence-corrected chi connectivity index (χ3v) is 1.88. The molecule has 72 valence electrons. The van der Waals surface area contributed by atoms with Gasteiger partial charge < -0.3 is 9.88 Å². The molecule has 5 nitrogen and oxygen atoms in total. The molecule has 5 heteroatoms. The first kappa shape index (κ1) is 10.2. The summed E-state index contributed by atoms with van der Waals surface area (Å²) in [4.78, 5) is 3.84. The van der Waals surface area contributed by atoms with Crippen molar-refractivity contribution >= 4 is 0 Å². The van der Waals surface area contributed by atoms with Gasteiger partial charge in [0.15, 0.2) is 11.4 Å². The van der Waals surface area contributed by atoms with Crippen LogP contribution >= 0.6 is 0 Å². The highest BCUT2D eigenvalue weighted by Crippen LogP contribution is 2.05. The summed E-state index contributed by atoms with van der Waals surface area (Å²) in [6.45, 7) is 1.59. The number of nitrogens with zero attached hydrogens (tertiary/aromatic N) is 4. The lowest BCUT2D eigenvalue weighted by Crippen LogP contribution is -2.11. The first-order valence-corrected chi connectivity index (χ1v) is 4.33. The number of nitriles is 2. The molecule has 14 heavy (non-hydrogen) atoms. The van der Waals surface area contributed by atoms with E-state index in [1.54, 1.807) is 4.57 Å². The Hall–Kier alpha value is -1.85. The number of nitrogens with one attached hydrogen (secondary N) is 1. The molecule has 0 saturated carbocycles. The number of hydrogen-bond acceptors (Lipinski definition) is 4. The van der Waals surface area contributed by atoms with E-state index in [0.717, 1.165) is 13.0 Å². The van der Waals surface area contributed by atoms with Crippen molar-refractivity contribution in [2.24, 2.45) is 0 Å². The number of imidazole rings is 1. The van der Waals surface area contributed by atoms with Gasteiger partial charge in [-0.1, -0.05) is 0 Å². The van der Waals surface area contributed by atoms with Gasteiger partial charge in [0.2, 0.25) is 0 Å². The van der Waals surface area contributed by atoms with Crippen molar-refractivity contribution in [3.8, 4) is 12.1 Å². The number of hydrogen-bond donors (Lipinski definition) is 1. The average Bonchev–Trinajstić information content (AvgIpc) is 2.60. The number of aryl methyl sites for hydroxylation is 1. The van der Waals surface area contributed by atoms with E-state index in [1.165, 1.54) is 6.33 Å². The van der Waals surface area contributed by atoms with Crippen molar-refractivity contribution in [1.82, 2.24) is 14.9 Å². The summed E-state index contributed by atoms with van der Waals surface area (Å²) in [5.41, 5.74) is 0.556. The Morgan fingerprint density at radius 1 is 1.50 bits per heavy atom. The second-order valence-electron chi connectivity index (χ2n) is 2.82. The number of aromatic nitrogens is 2. The first-order valence-electron chi connectivity index (χ1n) is 4.33. The van der Waals surface area contributed by atoms with E-state index >= 15 is 0 Å². The summed E-state index contributed by atoms with van der Waals surface area (Å²) in [5.74, 6) is 0. The molecule has 1 rings (SSSR count). The van der Waals surface area contributed by atoms with Crippen LogP contribution in [0.2, 0.25) is 0 Å². The Bertz CT molecular complexity index is 379. The molecule has 0 fully saturated rings. The molecule has 1 heterocycles. The lowest BCUT2D eigenvalue weighted by molar-refractivity contribution is 0.608. The molecule has 0 amide bonds. The summed E-state index contributed by atoms with van der Waals surface area (Å²) in [7, 11) is 1.87. The second-order valence-corrected chi connectivity index (χ2v) is 2.82. The van der Waals surface area contributed by atoms with Gasteiger partial charge in [-0.3, -0.25) is 0 Å². The Morgan fingerprint density at radius 2 is 2.29 bits per heavy atom. The van der Waals surface area contributed by atoms with Gasteiger partial charge >= 0.3 is 0 Å². The monoisotopic (exact) mass is 189 g/mol. The molecular formula is C9H11N5. The third kappa shape index (κ3) is 2.09. The van der Waals surface area contributed by atoms with Crippen molar-refractivity contribution in [3.05, 3.63) is 17.7 Å². The maximum atomic E-state index is 8.80. The van der Waals surface area contributed by atoms with Gasteiger partial charge in [0, 0.05) is 6.54 Å². The minimum absolute atomic E-state index is 0.206. The normalized spacial score (nSPS) is 9.36. The van der Waals surface area contributed by atoms with Gasteiger partial charge in [-0.15, -0.1) is 0 Å². The largest absolute Gasteiger partial charge is 0.321 e. The molecule has 1 aromatic rings. The van der Waals surface area contributed by atoms with Gasteiger partial charge in [0.25, 0.3) is 0 Å². The molecular weight excluding hydrogens is 178 g/mol. The van der Waals surface area contributed by atoms with E-state index in [1.807, 2.05) is 19.2 Å². The molecule has 0 aliphatic carbocycles. The molecule has 0 radical (unpaired) electrons. The molecule has 0 saturated heterocycles. The maximum absolute atomic E-state index is 8.80. The number of rotatable bonds is 4. The van der Waals surface area contributed by atoms with E-state index in [-0.39, 0.29) is 5.69 Å². The van der Waals surface area contributed by atoms with Crippen LogP contribution in [0.5, 0.6) is 0 Å². The smallest absolute Gasteiger partial charge is 0.176 e. The fraction of sp³-hybridized carbons (Fsp3) is 0.444. The van der Waals surface area contributed by atoms with Crippen molar-refractivity contribution in [1.29, 1.82) is 10.5 Å². The van der Waals surface area contributed by atoms with Crippen LogP contribution in [0.1, 0.15) is 17.8 Å². The fourth-order valence-electron chi connectivity index (χ4n) is 1.18. The molecule has 0 aliphatic heterocycles. The Morgan fingerprint density at radius 3 is 2.86 bits per heavy atom. The zero-order valence-electron chi connectivity index (χ0n) is 7.99. The van der Waals surface area contributed by atoms with Crippen molar-refractivity contribution in [2.45, 2.75) is 13.0 Å². The van der Waals surface area contributed by atoms with E-state index in [2.05, 4.69) is 10.3 Å². The fourth-order valence-corrected chi connectivity index (χ4v) is 1.18. The van der Waals surface area contributed by atoms with Crippen LogP contribution in [0.4, 0.5) is 0 Å². The molecule has 0 spiro atoms. The highest BCUT2D eigenvalue weighted by atomic mass is 15.1. The minimum Gasteiger partial charge on any atom is -0.321 e. The molecule has 0 bridgehead atoms. The van der Waals surface area contributed by atoms with Gasteiger partial charge in [-0.25, -0.2) is 4.98 Å². The Kier molecular flexibility index (Phi) is 3.66. The first-order chi connectivity index (χ1) is 6.83. The molecule has 0 aromatic carbocycles. The Balaban J connectivity index is 2.74. The Labute approximate surface area is 82.6 Å². The summed E-state index contributed by atoms with van der Waals surface area (Å²) < 4.78 is 1.70. The summed E-state index contributed by atoms with van der Waals surface area (Å²) >= 11 is 0. The zero-order chi connectivity index (χ0) is 10.4. The van der Waals surface area contributed by atoms with Crippen molar-refractivity contribution < 1.29 is 0 Å². The highest BCUT2D eigenvalue weighted by Gasteiger charge is 2.08. The summed E-state index contributed by atoms with van der Waals surface area (Å²) in [6, 6.07) is 3.87. The SMILES string of the molecule is CNCCCn1cnc(C#N)c1C#N. The van der Waals surface area contributed by atoms with Crippen LogP contribution in [-0.4, -0.2) is 23.1 Å². The van der Waals surface area contributed by atoms with Crippen LogP contribution in [0, 0.1) is 22.7 Å². The molecule has 0 unspecified atom stereocenters. The lowest BCUT2D eigenvalue weighted by Gasteiger charge is -2.02. The quantitative estimate of drug-likeness (QED) is 0.688. The molecule has 1 N–H and O–H groups in total. The maximum Gasteiger partial charge on any atom is 0.176 e. The van der Waals surface area contributed by atoms with E-state index in [0.29, 0.717) is 12.2 Å². The minimum atomic E-state index is 0.206. The topological polar surface area (TPSA) is 77.4 Å². The predicted octanol–water partition coefficient (Wildman–Crippen LogP) is 0.236. The average molecular weight is 189 g/mol. The van der Waals surface area contributed by atoms with Crippen LogP contribution in [0.15, 0.2) is 6.33 Å². The molecule has 0 atom stereocenters. The van der Waals surface area contributed by atoms with Gasteiger partial charge in [0.05, 0.1) is 6.33 Å². The van der Waals surface area contributed by atoms with E-state index < -0.39 is 0 Å². The predicted molar refractivity (Wildman–Crippen MR) is 50.2 cm³/mol. The van der Waals surface area contributed by atoms with Gasteiger partial charge in [0.1, 0.15) is 12.1 Å². The second kappa shape index (κ2) is 5.00. The molecule has 0 aliphatic rings. The van der Waals surface area contributed by atoms with Crippen LogP contribution < -0.4 is 5.32 Å². The van der Waals surface area contributed by atoms with Crippen LogP contribution in [0.25, 0.3) is 0 Å². The lowest BCUT2D eigenvalue weighted by atomic mass is 10.3. The van der Waals surface area contributed by atoms with Gasteiger partial charge in [-0.2, -0.15) is 10.5 Å².